The predicted molar refractivity (Wildman–Crippen MR) is 128 cm³/mol. The van der Waals surface area contributed by atoms with E-state index in [1.54, 1.807) is 48.5 Å². The number of halogens is 5. The number of para-hydroxylation sites is 1. The number of alkyl halides is 4. The van der Waals surface area contributed by atoms with Gasteiger partial charge in [0.25, 0.3) is 5.91 Å². The Morgan fingerprint density at radius 1 is 1.19 bits per heavy atom. The van der Waals surface area contributed by atoms with E-state index in [1.807, 2.05) is 13.0 Å². The molecule has 0 saturated carbocycles. The Morgan fingerprint density at radius 3 is 2.44 bits per heavy atom. The summed E-state index contributed by atoms with van der Waals surface area (Å²) < 4.78 is 37.8. The van der Waals surface area contributed by atoms with Gasteiger partial charge in [-0.1, -0.05) is 58.5 Å². The highest BCUT2D eigenvalue weighted by Crippen LogP contribution is 2.32. The number of carbonyl (C=O) groups excluding carboxylic acids is 1. The van der Waals surface area contributed by atoms with Gasteiger partial charge in [0.15, 0.2) is 0 Å². The first-order valence-corrected chi connectivity index (χ1v) is 11.1. The van der Waals surface area contributed by atoms with Crippen LogP contribution in [0.3, 0.4) is 0 Å². The number of hydrogen-bond acceptors (Lipinski definition) is 3. The van der Waals surface area contributed by atoms with E-state index in [-0.39, 0.29) is 18.1 Å². The number of aryl methyl sites for hydroxylation is 1. The topological polar surface area (TPSA) is 69.8 Å². The SMILES string of the molecule is Cc1cc(CNC(=O)c2ccc(/C(=C/C(I)C(F)(F)F)Nc3ccccc3Cl)cc2)n[nH]1. The number of carbonyl (C=O) groups is 1. The van der Waals surface area contributed by atoms with Crippen molar-refractivity contribution < 1.29 is 18.0 Å². The third-order valence-electron chi connectivity index (χ3n) is 4.42. The molecule has 0 aliphatic carbocycles. The van der Waals surface area contributed by atoms with Gasteiger partial charge in [-0.2, -0.15) is 18.3 Å². The highest BCUT2D eigenvalue weighted by molar-refractivity contribution is 14.1. The average Bonchev–Trinajstić information content (AvgIpc) is 3.17. The van der Waals surface area contributed by atoms with Gasteiger partial charge in [-0.15, -0.1) is 0 Å². The van der Waals surface area contributed by atoms with Gasteiger partial charge in [-0.25, -0.2) is 0 Å². The van der Waals surface area contributed by atoms with Gasteiger partial charge in [-0.3, -0.25) is 9.89 Å². The van der Waals surface area contributed by atoms with Crippen molar-refractivity contribution in [3.05, 3.63) is 88.2 Å². The van der Waals surface area contributed by atoms with Crippen LogP contribution in [0.25, 0.3) is 5.70 Å². The number of aromatic nitrogens is 2. The number of allylic oxidation sites excluding steroid dienone is 1. The summed E-state index contributed by atoms with van der Waals surface area (Å²) in [5.74, 6) is -0.316. The molecule has 0 fully saturated rings. The van der Waals surface area contributed by atoms with Gasteiger partial charge in [0.05, 0.1) is 22.9 Å². The first-order valence-electron chi connectivity index (χ1n) is 9.47. The molecule has 1 heterocycles. The third-order valence-corrected chi connectivity index (χ3v) is 5.81. The minimum absolute atomic E-state index is 0.230. The molecule has 0 bridgehead atoms. The molecule has 1 aromatic heterocycles. The zero-order chi connectivity index (χ0) is 23.3. The number of benzene rings is 2. The zero-order valence-corrected chi connectivity index (χ0v) is 19.7. The van der Waals surface area contributed by atoms with Crippen LogP contribution in [0.4, 0.5) is 18.9 Å². The highest BCUT2D eigenvalue weighted by Gasteiger charge is 2.36. The predicted octanol–water partition coefficient (Wildman–Crippen LogP) is 6.12. The molecule has 3 N–H and O–H groups in total. The molecule has 0 radical (unpaired) electrons. The molecule has 168 valence electrons. The molecule has 3 aromatic rings. The highest BCUT2D eigenvalue weighted by atomic mass is 127. The number of nitrogens with zero attached hydrogens (tertiary/aromatic N) is 1. The van der Waals surface area contributed by atoms with E-state index >= 15 is 0 Å². The van der Waals surface area contributed by atoms with E-state index in [2.05, 4.69) is 20.8 Å². The van der Waals surface area contributed by atoms with Crippen molar-refractivity contribution in [1.29, 1.82) is 0 Å². The number of aromatic amines is 1. The molecular weight excluding hydrogens is 556 g/mol. The molecule has 2 aromatic carbocycles. The largest absolute Gasteiger partial charge is 0.403 e. The number of nitrogens with one attached hydrogen (secondary N) is 3. The van der Waals surface area contributed by atoms with Crippen molar-refractivity contribution in [2.75, 3.05) is 5.32 Å². The van der Waals surface area contributed by atoms with E-state index in [4.69, 9.17) is 11.6 Å². The van der Waals surface area contributed by atoms with Crippen molar-refractivity contribution in [2.45, 2.75) is 23.6 Å². The second kappa shape index (κ2) is 10.4. The molecule has 5 nitrogen and oxygen atoms in total. The van der Waals surface area contributed by atoms with Gasteiger partial charge in [0, 0.05) is 17.0 Å². The van der Waals surface area contributed by atoms with Crippen LogP contribution in [-0.2, 0) is 6.54 Å². The Labute approximate surface area is 201 Å². The summed E-state index contributed by atoms with van der Waals surface area (Å²) in [7, 11) is 0. The summed E-state index contributed by atoms with van der Waals surface area (Å²) in [5.41, 5.74) is 3.14. The number of rotatable bonds is 7. The Balaban J connectivity index is 1.80. The first-order chi connectivity index (χ1) is 15.1. The average molecular weight is 575 g/mol. The maximum absolute atomic E-state index is 13.2. The van der Waals surface area contributed by atoms with Crippen molar-refractivity contribution in [3.63, 3.8) is 0 Å². The van der Waals surface area contributed by atoms with Crippen LogP contribution in [-0.4, -0.2) is 26.2 Å². The lowest BCUT2D eigenvalue weighted by Crippen LogP contribution is -2.23. The molecule has 1 atom stereocenters. The van der Waals surface area contributed by atoms with Crippen LogP contribution in [0.15, 0.2) is 60.7 Å². The summed E-state index contributed by atoms with van der Waals surface area (Å²) in [5, 5.41) is 13.0. The number of hydrogen-bond donors (Lipinski definition) is 3. The summed E-state index contributed by atoms with van der Waals surface area (Å²) in [6.07, 6.45) is -3.32. The Kier molecular flexibility index (Phi) is 7.83. The van der Waals surface area contributed by atoms with E-state index < -0.39 is 10.1 Å². The van der Waals surface area contributed by atoms with Crippen LogP contribution >= 0.6 is 34.2 Å². The van der Waals surface area contributed by atoms with Gasteiger partial charge < -0.3 is 10.6 Å². The van der Waals surface area contributed by atoms with E-state index in [0.717, 1.165) is 11.8 Å². The second-order valence-corrected chi connectivity index (χ2v) is 8.68. The standard InChI is InChI=1S/C22H19ClF3IN4O/c1-13-10-16(31-30-13)12-28-21(32)15-8-6-14(7-9-15)19(11-20(27)22(24,25)26)29-18-5-3-2-4-17(18)23/h2-11,20,29H,12H2,1H3,(H,28,32)(H,30,31)/b19-11-. The van der Waals surface area contributed by atoms with Crippen LogP contribution in [0, 0.1) is 6.92 Å². The molecule has 0 spiro atoms. The third kappa shape index (κ3) is 6.49. The lowest BCUT2D eigenvalue weighted by molar-refractivity contribution is -0.116. The number of H-pyrrole nitrogens is 1. The lowest BCUT2D eigenvalue weighted by atomic mass is 10.1. The summed E-state index contributed by atoms with van der Waals surface area (Å²) in [4.78, 5) is 12.4. The summed E-state index contributed by atoms with van der Waals surface area (Å²) in [6.45, 7) is 2.12. The second-order valence-electron chi connectivity index (χ2n) is 6.93. The molecule has 10 heteroatoms. The van der Waals surface area contributed by atoms with Crippen molar-refractivity contribution in [3.8, 4) is 0 Å². The molecule has 0 aliphatic rings. The fourth-order valence-corrected chi connectivity index (χ4v) is 3.34. The zero-order valence-electron chi connectivity index (χ0n) is 16.8. The number of amides is 1. The molecule has 0 saturated heterocycles. The minimum atomic E-state index is -4.40. The maximum Gasteiger partial charge on any atom is 0.403 e. The minimum Gasteiger partial charge on any atom is -0.354 e. The molecule has 1 amide bonds. The molecule has 3 rings (SSSR count). The van der Waals surface area contributed by atoms with Crippen LogP contribution in [0.2, 0.25) is 5.02 Å². The summed E-state index contributed by atoms with van der Waals surface area (Å²) >= 11 is 7.49. The van der Waals surface area contributed by atoms with Crippen LogP contribution in [0.5, 0.6) is 0 Å². The molecule has 1 unspecified atom stereocenters. The normalized spacial score (nSPS) is 13.0. The van der Waals surface area contributed by atoms with Gasteiger partial charge >= 0.3 is 6.18 Å². The van der Waals surface area contributed by atoms with E-state index in [1.165, 1.54) is 22.6 Å². The van der Waals surface area contributed by atoms with E-state index in [9.17, 15) is 18.0 Å². The van der Waals surface area contributed by atoms with Crippen molar-refractivity contribution in [2.24, 2.45) is 0 Å². The lowest BCUT2D eigenvalue weighted by Gasteiger charge is -2.17. The van der Waals surface area contributed by atoms with Crippen LogP contribution < -0.4 is 10.6 Å². The fourth-order valence-electron chi connectivity index (χ4n) is 2.80. The monoisotopic (exact) mass is 574 g/mol. The van der Waals surface area contributed by atoms with Crippen molar-refractivity contribution >= 4 is 51.5 Å². The first kappa shape index (κ1) is 24.1. The Morgan fingerprint density at radius 2 is 1.84 bits per heavy atom. The fraction of sp³-hybridized carbons (Fsp3) is 0.182. The molecule has 32 heavy (non-hydrogen) atoms. The Hall–Kier alpha value is -2.53. The molecular formula is C22H19ClF3IN4O. The van der Waals surface area contributed by atoms with Crippen LogP contribution in [0.1, 0.15) is 27.3 Å². The molecule has 0 aliphatic heterocycles. The Bertz CT molecular complexity index is 1110. The van der Waals surface area contributed by atoms with Gasteiger partial charge in [0.1, 0.15) is 3.92 Å². The maximum atomic E-state index is 13.2. The smallest absolute Gasteiger partial charge is 0.354 e. The van der Waals surface area contributed by atoms with Crippen molar-refractivity contribution in [1.82, 2.24) is 15.5 Å². The summed E-state index contributed by atoms with van der Waals surface area (Å²) in [6, 6.07) is 14.9. The van der Waals surface area contributed by atoms with E-state index in [0.29, 0.717) is 27.5 Å². The quantitative estimate of drug-likeness (QED) is 0.235. The van der Waals surface area contributed by atoms with Gasteiger partial charge in [-0.05, 0) is 48.9 Å². The van der Waals surface area contributed by atoms with Gasteiger partial charge in [0.2, 0.25) is 0 Å². The number of anilines is 1.